The Balaban J connectivity index is 2.40. The lowest BCUT2D eigenvalue weighted by Gasteiger charge is -2.19. The summed E-state index contributed by atoms with van der Waals surface area (Å²) in [5.74, 6) is -2.06. The normalized spacial score (nSPS) is 10.9. The van der Waals surface area contributed by atoms with Crippen LogP contribution in [0.15, 0.2) is 18.2 Å². The molecule has 0 aliphatic carbocycles. The highest BCUT2D eigenvalue weighted by Crippen LogP contribution is 2.18. The molecule has 0 unspecified atom stereocenters. The lowest BCUT2D eigenvalue weighted by Crippen LogP contribution is -2.34. The fourth-order valence-electron chi connectivity index (χ4n) is 1.38. The summed E-state index contributed by atoms with van der Waals surface area (Å²) < 4.78 is 23.6. The number of carbonyl (C=O) groups is 2. The fraction of sp³-hybridized carbons (Fsp3) is 0.429. The molecule has 0 aliphatic heterocycles. The Hall–Kier alpha value is -2.31. The van der Waals surface area contributed by atoms with Crippen LogP contribution in [-0.2, 0) is 4.74 Å². The molecule has 1 rings (SSSR count). The predicted molar refractivity (Wildman–Crippen MR) is 73.1 cm³/mol. The minimum Gasteiger partial charge on any atom is -0.489 e. The Morgan fingerprint density at radius 1 is 1.33 bits per heavy atom. The summed E-state index contributed by atoms with van der Waals surface area (Å²) >= 11 is 0. The molecule has 0 fully saturated rings. The van der Waals surface area contributed by atoms with Gasteiger partial charge in [-0.2, -0.15) is 0 Å². The number of nitrogens with one attached hydrogen (secondary N) is 1. The topological polar surface area (TPSA) is 84.9 Å². The van der Waals surface area contributed by atoms with Gasteiger partial charge >= 0.3 is 12.1 Å². The minimum absolute atomic E-state index is 0.0303. The molecule has 1 amide bonds. The van der Waals surface area contributed by atoms with Crippen LogP contribution in [0.3, 0.4) is 0 Å². The number of aromatic carboxylic acids is 1. The lowest BCUT2D eigenvalue weighted by atomic mass is 10.2. The molecule has 0 bridgehead atoms. The van der Waals surface area contributed by atoms with Gasteiger partial charge in [-0.25, -0.2) is 14.0 Å². The molecule has 7 heteroatoms. The number of benzene rings is 1. The molecule has 0 spiro atoms. The highest BCUT2D eigenvalue weighted by molar-refractivity contribution is 5.87. The van der Waals surface area contributed by atoms with Gasteiger partial charge in [-0.3, -0.25) is 0 Å². The number of rotatable bonds is 5. The van der Waals surface area contributed by atoms with Gasteiger partial charge in [-0.05, 0) is 39.0 Å². The number of amides is 1. The van der Waals surface area contributed by atoms with Crippen LogP contribution < -0.4 is 10.1 Å². The van der Waals surface area contributed by atoms with Gasteiger partial charge in [0.15, 0.2) is 11.6 Å². The summed E-state index contributed by atoms with van der Waals surface area (Å²) in [6.45, 7) is 5.38. The first-order chi connectivity index (χ1) is 9.69. The Bertz CT molecular complexity index is 525. The molecule has 21 heavy (non-hydrogen) atoms. The summed E-state index contributed by atoms with van der Waals surface area (Å²) in [6, 6.07) is 3.34. The number of carbonyl (C=O) groups excluding carboxylic acids is 1. The van der Waals surface area contributed by atoms with E-state index < -0.39 is 23.5 Å². The maximum Gasteiger partial charge on any atom is 0.407 e. The van der Waals surface area contributed by atoms with E-state index in [-0.39, 0.29) is 24.5 Å². The second-order valence-electron chi connectivity index (χ2n) is 5.23. The zero-order valence-corrected chi connectivity index (χ0v) is 12.1. The molecule has 0 saturated heterocycles. The number of alkyl carbamates (subject to hydrolysis) is 1. The van der Waals surface area contributed by atoms with Crippen molar-refractivity contribution < 1.29 is 28.6 Å². The van der Waals surface area contributed by atoms with E-state index in [2.05, 4.69) is 5.32 Å². The Morgan fingerprint density at radius 3 is 2.52 bits per heavy atom. The molecule has 0 heterocycles. The molecule has 0 atom stereocenters. The van der Waals surface area contributed by atoms with E-state index >= 15 is 0 Å². The maximum absolute atomic E-state index is 13.5. The second-order valence-corrected chi connectivity index (χ2v) is 5.23. The van der Waals surface area contributed by atoms with E-state index in [1.807, 2.05) is 0 Å². The van der Waals surface area contributed by atoms with Gasteiger partial charge in [0.2, 0.25) is 0 Å². The molecule has 1 aromatic carbocycles. The predicted octanol–water partition coefficient (Wildman–Crippen LogP) is 2.43. The second kappa shape index (κ2) is 6.92. The van der Waals surface area contributed by atoms with Crippen molar-refractivity contribution in [3.05, 3.63) is 29.6 Å². The van der Waals surface area contributed by atoms with Gasteiger partial charge in [-0.1, -0.05) is 0 Å². The average Bonchev–Trinajstić information content (AvgIpc) is 2.33. The largest absolute Gasteiger partial charge is 0.489 e. The standard InChI is InChI=1S/C14H18FNO5/c1-14(2,3)21-13(19)16-6-7-20-11-5-4-9(12(17)18)8-10(11)15/h4-5,8H,6-7H2,1-3H3,(H,16,19)(H,17,18). The van der Waals surface area contributed by atoms with Crippen LogP contribution in [0.1, 0.15) is 31.1 Å². The zero-order chi connectivity index (χ0) is 16.0. The number of carboxylic acids is 1. The van der Waals surface area contributed by atoms with E-state index in [0.717, 1.165) is 6.07 Å². The van der Waals surface area contributed by atoms with Crippen LogP contribution in [-0.4, -0.2) is 35.9 Å². The first kappa shape index (κ1) is 16.7. The van der Waals surface area contributed by atoms with Crippen molar-refractivity contribution in [1.82, 2.24) is 5.32 Å². The number of halogens is 1. The van der Waals surface area contributed by atoms with Crippen LogP contribution in [0.4, 0.5) is 9.18 Å². The summed E-state index contributed by atoms with van der Waals surface area (Å²) in [4.78, 5) is 22.0. The van der Waals surface area contributed by atoms with E-state index in [1.54, 1.807) is 20.8 Å². The van der Waals surface area contributed by atoms with E-state index in [9.17, 15) is 14.0 Å². The smallest absolute Gasteiger partial charge is 0.407 e. The van der Waals surface area contributed by atoms with Crippen molar-refractivity contribution in [2.45, 2.75) is 26.4 Å². The van der Waals surface area contributed by atoms with E-state index in [0.29, 0.717) is 0 Å². The van der Waals surface area contributed by atoms with Gasteiger partial charge in [-0.15, -0.1) is 0 Å². The number of hydrogen-bond acceptors (Lipinski definition) is 4. The first-order valence-electron chi connectivity index (χ1n) is 6.31. The molecule has 0 radical (unpaired) electrons. The molecule has 1 aromatic rings. The molecule has 0 aromatic heterocycles. The van der Waals surface area contributed by atoms with Crippen molar-refractivity contribution in [2.24, 2.45) is 0 Å². The first-order valence-corrected chi connectivity index (χ1v) is 6.31. The molecule has 6 nitrogen and oxygen atoms in total. The quantitative estimate of drug-likeness (QED) is 0.816. The summed E-state index contributed by atoms with van der Waals surface area (Å²) in [5, 5.41) is 11.2. The van der Waals surface area contributed by atoms with Crippen LogP contribution in [0, 0.1) is 5.82 Å². The third-order valence-electron chi connectivity index (χ3n) is 2.21. The Labute approximate surface area is 121 Å². The van der Waals surface area contributed by atoms with Crippen LogP contribution >= 0.6 is 0 Å². The minimum atomic E-state index is -1.22. The molecule has 2 N–H and O–H groups in total. The summed E-state index contributed by atoms with van der Waals surface area (Å²) in [5.41, 5.74) is -0.754. The van der Waals surface area contributed by atoms with Crippen molar-refractivity contribution in [3.63, 3.8) is 0 Å². The number of hydrogen-bond donors (Lipinski definition) is 2. The molecule has 116 valence electrons. The molecular weight excluding hydrogens is 281 g/mol. The highest BCUT2D eigenvalue weighted by Gasteiger charge is 2.15. The van der Waals surface area contributed by atoms with Crippen LogP contribution in [0.5, 0.6) is 5.75 Å². The van der Waals surface area contributed by atoms with Crippen molar-refractivity contribution in [2.75, 3.05) is 13.2 Å². The number of ether oxygens (including phenoxy) is 2. The number of carboxylic acid groups (broad SMARTS) is 1. The van der Waals surface area contributed by atoms with Gasteiger partial charge in [0.25, 0.3) is 0 Å². The van der Waals surface area contributed by atoms with Gasteiger partial charge in [0.1, 0.15) is 12.2 Å². The Kier molecular flexibility index (Phi) is 5.52. The zero-order valence-electron chi connectivity index (χ0n) is 12.1. The molecular formula is C14H18FNO5. The van der Waals surface area contributed by atoms with E-state index in [1.165, 1.54) is 12.1 Å². The average molecular weight is 299 g/mol. The third kappa shape index (κ3) is 6.11. The highest BCUT2D eigenvalue weighted by atomic mass is 19.1. The van der Waals surface area contributed by atoms with Gasteiger partial charge in [0, 0.05) is 0 Å². The van der Waals surface area contributed by atoms with Crippen molar-refractivity contribution in [1.29, 1.82) is 0 Å². The lowest BCUT2D eigenvalue weighted by molar-refractivity contribution is 0.0519. The van der Waals surface area contributed by atoms with Crippen LogP contribution in [0.25, 0.3) is 0 Å². The maximum atomic E-state index is 13.5. The van der Waals surface area contributed by atoms with Crippen LogP contribution in [0.2, 0.25) is 0 Å². The summed E-state index contributed by atoms with van der Waals surface area (Å²) in [6.07, 6.45) is -0.590. The SMILES string of the molecule is CC(C)(C)OC(=O)NCCOc1ccc(C(=O)O)cc1F. The summed E-state index contributed by atoms with van der Waals surface area (Å²) in [7, 11) is 0. The molecule has 0 saturated carbocycles. The Morgan fingerprint density at radius 2 is 2.00 bits per heavy atom. The van der Waals surface area contributed by atoms with E-state index in [4.69, 9.17) is 14.6 Å². The van der Waals surface area contributed by atoms with Gasteiger partial charge in [0.05, 0.1) is 12.1 Å². The van der Waals surface area contributed by atoms with Crippen molar-refractivity contribution >= 4 is 12.1 Å². The molecule has 0 aliphatic rings. The van der Waals surface area contributed by atoms with Crippen molar-refractivity contribution in [3.8, 4) is 5.75 Å². The monoisotopic (exact) mass is 299 g/mol. The fourth-order valence-corrected chi connectivity index (χ4v) is 1.38. The van der Waals surface area contributed by atoms with Gasteiger partial charge < -0.3 is 19.9 Å². The third-order valence-corrected chi connectivity index (χ3v) is 2.21.